The van der Waals surface area contributed by atoms with Crippen LogP contribution in [0.4, 0.5) is 19.3 Å². The van der Waals surface area contributed by atoms with E-state index < -0.39 is 40.9 Å². The maximum Gasteiger partial charge on any atom is 0.343 e. The Hall–Kier alpha value is -3.91. The van der Waals surface area contributed by atoms with Crippen LogP contribution in [0, 0.1) is 17.0 Å². The first-order chi connectivity index (χ1) is 21.4. The van der Waals surface area contributed by atoms with Gasteiger partial charge >= 0.3 is 11.7 Å². The molecule has 0 saturated heterocycles. The second-order valence-electron chi connectivity index (χ2n) is 11.6. The number of ether oxygens (including phenoxy) is 1. The van der Waals surface area contributed by atoms with Crippen LogP contribution in [0.5, 0.6) is 0 Å². The average Bonchev–Trinajstić information content (AvgIpc) is 3.37. The number of anilines is 1. The number of thiophene rings is 1. The van der Waals surface area contributed by atoms with E-state index in [4.69, 9.17) is 4.74 Å². The number of hydrogen-bond donors (Lipinski definition) is 2. The second-order valence-corrected chi connectivity index (χ2v) is 12.6. The summed E-state index contributed by atoms with van der Waals surface area (Å²) in [5.41, 5.74) is 2.37. The van der Waals surface area contributed by atoms with Gasteiger partial charge in [-0.05, 0) is 54.3 Å². The van der Waals surface area contributed by atoms with Crippen LogP contribution in [0.15, 0.2) is 52.1 Å². The zero-order chi connectivity index (χ0) is 32.9. The Morgan fingerprint density at radius 3 is 2.29 bits per heavy atom. The van der Waals surface area contributed by atoms with E-state index in [0.717, 1.165) is 17.7 Å². The molecule has 242 valence electrons. The van der Waals surface area contributed by atoms with Crippen molar-refractivity contribution in [1.29, 1.82) is 0 Å². The number of nitrogens with zero attached hydrogens (tertiary/aromatic N) is 3. The number of amides is 2. The number of rotatable bonds is 13. The number of halogens is 2. The number of likely N-dealkylation sites (N-methyl/N-ethyl adjacent to an activating group) is 1. The fraction of sp³-hybridized carbons (Fsp3) is 0.406. The lowest BCUT2D eigenvalue weighted by Gasteiger charge is -2.24. The number of benzene rings is 2. The molecule has 0 unspecified atom stereocenters. The first-order valence-corrected chi connectivity index (χ1v) is 15.3. The smallest absolute Gasteiger partial charge is 0.343 e. The van der Waals surface area contributed by atoms with Crippen molar-refractivity contribution in [2.45, 2.75) is 46.8 Å². The number of aromatic nitrogens is 2. The summed E-state index contributed by atoms with van der Waals surface area (Å²) >= 11 is 1.22. The van der Waals surface area contributed by atoms with Gasteiger partial charge < -0.3 is 10.1 Å². The second kappa shape index (κ2) is 14.5. The zero-order valence-electron chi connectivity index (χ0n) is 26.3. The molecule has 0 bridgehead atoms. The van der Waals surface area contributed by atoms with Gasteiger partial charge in [0.25, 0.3) is 5.56 Å². The molecule has 2 N–H and O–H groups in total. The number of nitrogens with one attached hydrogen (secondary N) is 2. The predicted molar refractivity (Wildman–Crippen MR) is 173 cm³/mol. The van der Waals surface area contributed by atoms with Crippen molar-refractivity contribution in [3.8, 4) is 10.4 Å². The van der Waals surface area contributed by atoms with Crippen molar-refractivity contribution >= 4 is 33.3 Å². The highest BCUT2D eigenvalue weighted by Gasteiger charge is 2.27. The van der Waals surface area contributed by atoms with Crippen molar-refractivity contribution in [2.75, 3.05) is 39.7 Å². The van der Waals surface area contributed by atoms with E-state index in [9.17, 15) is 23.2 Å². The summed E-state index contributed by atoms with van der Waals surface area (Å²) in [5, 5.41) is 2.98. The van der Waals surface area contributed by atoms with Crippen LogP contribution in [0.2, 0.25) is 0 Å². The molecule has 2 heterocycles. The van der Waals surface area contributed by atoms with Crippen molar-refractivity contribution in [3.63, 3.8) is 0 Å². The molecule has 4 rings (SSSR count). The highest BCUT2D eigenvalue weighted by Crippen LogP contribution is 2.38. The largest absolute Gasteiger partial charge is 0.383 e. The van der Waals surface area contributed by atoms with E-state index in [1.807, 2.05) is 32.7 Å². The van der Waals surface area contributed by atoms with Gasteiger partial charge in [0.05, 0.1) is 25.6 Å². The number of hydrogen-bond acceptors (Lipinski definition) is 7. The monoisotopic (exact) mass is 643 g/mol. The summed E-state index contributed by atoms with van der Waals surface area (Å²) in [6, 6.07) is 10.0. The molecule has 0 radical (unpaired) electrons. The van der Waals surface area contributed by atoms with Gasteiger partial charge in [-0.2, -0.15) is 0 Å². The van der Waals surface area contributed by atoms with Crippen molar-refractivity contribution < 1.29 is 23.1 Å². The lowest BCUT2D eigenvalue weighted by atomic mass is 9.90. The molecular formula is C32H39F2N5O5S. The summed E-state index contributed by atoms with van der Waals surface area (Å²) in [5.74, 6) is -1.56. The van der Waals surface area contributed by atoms with Crippen LogP contribution in [-0.2, 0) is 29.2 Å². The molecule has 0 aliphatic rings. The lowest BCUT2D eigenvalue weighted by molar-refractivity contribution is 0.114. The van der Waals surface area contributed by atoms with E-state index >= 15 is 0 Å². The molecule has 0 saturated carbocycles. The summed E-state index contributed by atoms with van der Waals surface area (Å²) < 4.78 is 37.6. The Kier molecular flexibility index (Phi) is 10.9. The molecule has 2 amide bonds. The van der Waals surface area contributed by atoms with E-state index in [1.165, 1.54) is 33.6 Å². The van der Waals surface area contributed by atoms with Crippen LogP contribution in [0.3, 0.4) is 0 Å². The molecule has 2 aromatic carbocycles. The topological polar surface area (TPSA) is 107 Å². The fourth-order valence-corrected chi connectivity index (χ4v) is 6.21. The van der Waals surface area contributed by atoms with Crippen molar-refractivity contribution in [2.24, 2.45) is 5.41 Å². The van der Waals surface area contributed by atoms with E-state index in [0.29, 0.717) is 52.5 Å². The summed E-state index contributed by atoms with van der Waals surface area (Å²) in [6.45, 7) is 7.02. The quantitative estimate of drug-likeness (QED) is 0.189. The van der Waals surface area contributed by atoms with Gasteiger partial charge in [-0.25, -0.2) is 23.9 Å². The Morgan fingerprint density at radius 2 is 1.69 bits per heavy atom. The van der Waals surface area contributed by atoms with Gasteiger partial charge in [0.2, 0.25) is 0 Å². The van der Waals surface area contributed by atoms with Gasteiger partial charge in [-0.1, -0.05) is 39.0 Å². The number of fused-ring (bicyclic) bond motifs is 1. The minimum Gasteiger partial charge on any atom is -0.383 e. The van der Waals surface area contributed by atoms with Crippen molar-refractivity contribution in [3.05, 3.63) is 86.1 Å². The fourth-order valence-electron chi connectivity index (χ4n) is 4.91. The van der Waals surface area contributed by atoms with Crippen LogP contribution in [0.1, 0.15) is 38.3 Å². The van der Waals surface area contributed by atoms with Crippen LogP contribution in [-0.4, -0.2) is 54.5 Å². The molecule has 0 atom stereocenters. The first kappa shape index (κ1) is 34.0. The van der Waals surface area contributed by atoms with Crippen LogP contribution < -0.4 is 22.0 Å². The maximum atomic E-state index is 14.9. The zero-order valence-corrected chi connectivity index (χ0v) is 27.1. The predicted octanol–water partition coefficient (Wildman–Crippen LogP) is 5.42. The number of carbonyl (C=O) groups is 1. The van der Waals surface area contributed by atoms with Crippen LogP contribution in [0.25, 0.3) is 20.7 Å². The molecule has 2 aromatic heterocycles. The summed E-state index contributed by atoms with van der Waals surface area (Å²) in [6.07, 6.45) is 0.698. The molecular weight excluding hydrogens is 604 g/mol. The Labute approximate surface area is 264 Å². The average molecular weight is 644 g/mol. The maximum absolute atomic E-state index is 14.9. The van der Waals surface area contributed by atoms with E-state index in [1.54, 1.807) is 31.4 Å². The third-order valence-corrected chi connectivity index (χ3v) is 9.08. The Morgan fingerprint density at radius 1 is 1.02 bits per heavy atom. The highest BCUT2D eigenvalue weighted by molar-refractivity contribution is 7.22. The molecule has 0 aliphatic carbocycles. The minimum atomic E-state index is -0.779. The summed E-state index contributed by atoms with van der Waals surface area (Å²) in [7, 11) is 4.83. The molecule has 13 heteroatoms. The van der Waals surface area contributed by atoms with Crippen molar-refractivity contribution in [1.82, 2.24) is 19.5 Å². The molecule has 0 aliphatic heterocycles. The highest BCUT2D eigenvalue weighted by atomic mass is 32.1. The minimum absolute atomic E-state index is 0.130. The van der Waals surface area contributed by atoms with Gasteiger partial charge in [-0.3, -0.25) is 23.7 Å². The molecule has 4 aromatic rings. The van der Waals surface area contributed by atoms with Crippen LogP contribution >= 0.6 is 11.3 Å². The Bertz CT molecular complexity index is 1760. The van der Waals surface area contributed by atoms with Gasteiger partial charge in [-0.15, -0.1) is 11.3 Å². The van der Waals surface area contributed by atoms with Gasteiger partial charge in [0.15, 0.2) is 0 Å². The number of hydroxylamine groups is 1. The summed E-state index contributed by atoms with van der Waals surface area (Å²) in [4.78, 5) is 47.9. The number of urea groups is 1. The first-order valence-electron chi connectivity index (χ1n) is 14.5. The number of methoxy groups -OCH3 is 1. The van der Waals surface area contributed by atoms with Gasteiger partial charge in [0, 0.05) is 42.9 Å². The van der Waals surface area contributed by atoms with E-state index in [-0.39, 0.29) is 12.1 Å². The standard InChI is InChI=1S/C32H39F2N5O5S/c1-7-32(2,3)19-39-28(40)26-23(17-37(4)15-16-43-5)27(20-11-13-21(14-12-20)35-30(41)36-44-6)45-29(26)38(31(39)42)18-22-24(33)9-8-10-25(22)34/h8-14H,7,15-19H2,1-6H3,(H2,35,36,41). The molecule has 10 nitrogen and oxygen atoms in total. The normalized spacial score (nSPS) is 11.8. The SMILES string of the molecule is CCC(C)(C)Cn1c(=O)c2c(CN(C)CCOC)c(-c3ccc(NC(=O)NOC)cc3)sc2n(Cc2c(F)cccc2F)c1=O. The molecule has 45 heavy (non-hydrogen) atoms. The Balaban J connectivity index is 2.00. The third-order valence-electron chi connectivity index (χ3n) is 7.78. The van der Waals surface area contributed by atoms with E-state index in [2.05, 4.69) is 15.6 Å². The number of carbonyl (C=O) groups excluding carboxylic acids is 1. The molecule has 0 fully saturated rings. The third kappa shape index (κ3) is 7.67. The lowest BCUT2D eigenvalue weighted by Crippen LogP contribution is -2.43. The molecule has 0 spiro atoms. The van der Waals surface area contributed by atoms with Gasteiger partial charge in [0.1, 0.15) is 16.5 Å².